The van der Waals surface area contributed by atoms with Gasteiger partial charge in [0.1, 0.15) is 5.75 Å². The van der Waals surface area contributed by atoms with E-state index in [1.165, 1.54) is 0 Å². The predicted molar refractivity (Wildman–Crippen MR) is 74.5 cm³/mol. The second-order valence-electron chi connectivity index (χ2n) is 4.26. The van der Waals surface area contributed by atoms with Crippen LogP contribution in [0, 0.1) is 0 Å². The van der Waals surface area contributed by atoms with Crippen molar-refractivity contribution in [2.75, 3.05) is 19.0 Å². The van der Waals surface area contributed by atoms with Crippen LogP contribution in [-0.2, 0) is 0 Å². The predicted octanol–water partition coefficient (Wildman–Crippen LogP) is 3.17. The monoisotopic (exact) mass is 269 g/mol. The van der Waals surface area contributed by atoms with E-state index in [1.807, 2.05) is 32.9 Å². The van der Waals surface area contributed by atoms with E-state index >= 15 is 0 Å². The lowest BCUT2D eigenvalue weighted by Crippen LogP contribution is -2.32. The van der Waals surface area contributed by atoms with Gasteiger partial charge >= 0.3 is 0 Å². The number of halogens is 1. The fourth-order valence-corrected chi connectivity index (χ4v) is 1.84. The van der Waals surface area contributed by atoms with Gasteiger partial charge in [0.25, 0.3) is 5.91 Å². The number of nitrogens with zero attached hydrogens (tertiary/aromatic N) is 1. The van der Waals surface area contributed by atoms with Crippen molar-refractivity contribution in [1.29, 1.82) is 0 Å². The van der Waals surface area contributed by atoms with E-state index in [-0.39, 0.29) is 12.0 Å². The second kappa shape index (κ2) is 7.27. The van der Waals surface area contributed by atoms with E-state index in [0.29, 0.717) is 24.5 Å². The lowest BCUT2D eigenvalue weighted by molar-refractivity contribution is 0.0774. The number of carbonyl (C=O) groups excluding carboxylic acids is 1. The van der Waals surface area contributed by atoms with Crippen molar-refractivity contribution in [1.82, 2.24) is 4.90 Å². The summed E-state index contributed by atoms with van der Waals surface area (Å²) in [6, 6.07) is 7.22. The molecule has 0 aliphatic heterocycles. The molecule has 0 spiro atoms. The third-order valence-corrected chi connectivity index (χ3v) is 2.67. The van der Waals surface area contributed by atoms with Crippen LogP contribution in [0.1, 0.15) is 31.1 Å². The number of benzene rings is 1. The molecule has 0 bridgehead atoms. The first-order chi connectivity index (χ1) is 8.58. The third-order valence-electron chi connectivity index (χ3n) is 2.50. The van der Waals surface area contributed by atoms with Gasteiger partial charge in [-0.05, 0) is 45.0 Å². The normalized spacial score (nSPS) is 10.5. The minimum absolute atomic E-state index is 0.00856. The Balaban J connectivity index is 2.74. The fourth-order valence-electron chi connectivity index (χ4n) is 1.64. The number of amides is 1. The van der Waals surface area contributed by atoms with Gasteiger partial charge in [0.15, 0.2) is 0 Å². The van der Waals surface area contributed by atoms with Crippen LogP contribution < -0.4 is 4.74 Å². The quantitative estimate of drug-likeness (QED) is 0.743. The lowest BCUT2D eigenvalue weighted by atomic mass is 10.2. The molecule has 3 nitrogen and oxygen atoms in total. The Hall–Kier alpha value is -1.22. The minimum atomic E-state index is 0.00856. The number of ether oxygens (including phenoxy) is 1. The molecule has 0 aliphatic rings. The Kier molecular flexibility index (Phi) is 5.99. The number of hydrogen-bond donors (Lipinski definition) is 0. The molecule has 100 valence electrons. The zero-order valence-electron chi connectivity index (χ0n) is 11.1. The molecule has 1 aromatic carbocycles. The SMILES string of the molecule is CCN(CCCl)C(=O)c1ccc(OC(C)C)cc1. The van der Waals surface area contributed by atoms with Crippen molar-refractivity contribution in [3.63, 3.8) is 0 Å². The van der Waals surface area contributed by atoms with Crippen molar-refractivity contribution in [3.8, 4) is 5.75 Å². The highest BCUT2D eigenvalue weighted by Gasteiger charge is 2.13. The van der Waals surface area contributed by atoms with E-state index in [0.717, 1.165) is 5.75 Å². The van der Waals surface area contributed by atoms with Crippen molar-refractivity contribution >= 4 is 17.5 Å². The largest absolute Gasteiger partial charge is 0.491 e. The smallest absolute Gasteiger partial charge is 0.253 e. The minimum Gasteiger partial charge on any atom is -0.491 e. The molecule has 0 atom stereocenters. The molecule has 4 heteroatoms. The maximum absolute atomic E-state index is 12.1. The van der Waals surface area contributed by atoms with Crippen LogP contribution in [0.4, 0.5) is 0 Å². The van der Waals surface area contributed by atoms with Gasteiger partial charge in [-0.25, -0.2) is 0 Å². The summed E-state index contributed by atoms with van der Waals surface area (Å²) < 4.78 is 5.54. The van der Waals surface area contributed by atoms with E-state index in [1.54, 1.807) is 17.0 Å². The molecular weight excluding hydrogens is 250 g/mol. The van der Waals surface area contributed by atoms with E-state index in [2.05, 4.69) is 0 Å². The van der Waals surface area contributed by atoms with Crippen LogP contribution in [0.2, 0.25) is 0 Å². The molecule has 0 unspecified atom stereocenters. The topological polar surface area (TPSA) is 29.5 Å². The Bertz CT molecular complexity index is 376. The summed E-state index contributed by atoms with van der Waals surface area (Å²) in [5.74, 6) is 1.24. The maximum atomic E-state index is 12.1. The standard InChI is InChI=1S/C14H20ClNO2/c1-4-16(10-9-15)14(17)12-5-7-13(8-6-12)18-11(2)3/h5-8,11H,4,9-10H2,1-3H3. The molecule has 1 rings (SSSR count). The molecule has 0 saturated heterocycles. The molecule has 1 aromatic rings. The first-order valence-corrected chi connectivity index (χ1v) is 6.73. The molecule has 0 aromatic heterocycles. The number of rotatable bonds is 6. The van der Waals surface area contributed by atoms with Gasteiger partial charge in [0.05, 0.1) is 6.10 Å². The fraction of sp³-hybridized carbons (Fsp3) is 0.500. The van der Waals surface area contributed by atoms with Crippen molar-refractivity contribution in [3.05, 3.63) is 29.8 Å². The molecule has 18 heavy (non-hydrogen) atoms. The van der Waals surface area contributed by atoms with Crippen LogP contribution >= 0.6 is 11.6 Å². The maximum Gasteiger partial charge on any atom is 0.253 e. The van der Waals surface area contributed by atoms with Crippen LogP contribution in [-0.4, -0.2) is 35.9 Å². The summed E-state index contributed by atoms with van der Waals surface area (Å²) in [5.41, 5.74) is 0.665. The highest BCUT2D eigenvalue weighted by molar-refractivity contribution is 6.18. The van der Waals surface area contributed by atoms with Gasteiger partial charge in [-0.1, -0.05) is 0 Å². The summed E-state index contributed by atoms with van der Waals surface area (Å²) in [4.78, 5) is 13.9. The summed E-state index contributed by atoms with van der Waals surface area (Å²) in [5, 5.41) is 0. The van der Waals surface area contributed by atoms with Gasteiger partial charge in [-0.2, -0.15) is 0 Å². The zero-order valence-corrected chi connectivity index (χ0v) is 11.9. The van der Waals surface area contributed by atoms with Gasteiger partial charge in [0.2, 0.25) is 0 Å². The molecule has 0 aliphatic carbocycles. The Morgan fingerprint density at radius 3 is 2.39 bits per heavy atom. The van der Waals surface area contributed by atoms with Crippen LogP contribution in [0.15, 0.2) is 24.3 Å². The van der Waals surface area contributed by atoms with Gasteiger partial charge in [-0.3, -0.25) is 4.79 Å². The summed E-state index contributed by atoms with van der Waals surface area (Å²) >= 11 is 5.68. The van der Waals surface area contributed by atoms with Crippen LogP contribution in [0.3, 0.4) is 0 Å². The summed E-state index contributed by atoms with van der Waals surface area (Å²) in [7, 11) is 0. The van der Waals surface area contributed by atoms with E-state index in [4.69, 9.17) is 16.3 Å². The number of hydrogen-bond acceptors (Lipinski definition) is 2. The van der Waals surface area contributed by atoms with Gasteiger partial charge in [-0.15, -0.1) is 11.6 Å². The highest BCUT2D eigenvalue weighted by atomic mass is 35.5. The molecule has 0 saturated carbocycles. The average Bonchev–Trinajstić information content (AvgIpc) is 2.35. The van der Waals surface area contributed by atoms with E-state index < -0.39 is 0 Å². The van der Waals surface area contributed by atoms with Crippen molar-refractivity contribution in [2.45, 2.75) is 26.9 Å². The number of carbonyl (C=O) groups is 1. The second-order valence-corrected chi connectivity index (χ2v) is 4.64. The van der Waals surface area contributed by atoms with Crippen LogP contribution in [0.5, 0.6) is 5.75 Å². The van der Waals surface area contributed by atoms with Crippen molar-refractivity contribution < 1.29 is 9.53 Å². The lowest BCUT2D eigenvalue weighted by Gasteiger charge is -2.19. The molecular formula is C14H20ClNO2. The molecule has 1 amide bonds. The van der Waals surface area contributed by atoms with Crippen molar-refractivity contribution in [2.24, 2.45) is 0 Å². The number of alkyl halides is 1. The summed E-state index contributed by atoms with van der Waals surface area (Å²) in [6.45, 7) is 7.12. The average molecular weight is 270 g/mol. The first kappa shape index (κ1) is 14.8. The Morgan fingerprint density at radius 1 is 1.33 bits per heavy atom. The van der Waals surface area contributed by atoms with Crippen LogP contribution in [0.25, 0.3) is 0 Å². The molecule has 0 heterocycles. The third kappa shape index (κ3) is 4.22. The van der Waals surface area contributed by atoms with E-state index in [9.17, 15) is 4.79 Å². The van der Waals surface area contributed by atoms with Gasteiger partial charge in [0, 0.05) is 24.5 Å². The molecule has 0 radical (unpaired) electrons. The molecule has 0 N–H and O–H groups in total. The first-order valence-electron chi connectivity index (χ1n) is 6.20. The summed E-state index contributed by atoms with van der Waals surface area (Å²) in [6.07, 6.45) is 0.134. The van der Waals surface area contributed by atoms with Gasteiger partial charge < -0.3 is 9.64 Å². The highest BCUT2D eigenvalue weighted by Crippen LogP contribution is 2.15. The molecule has 0 fully saturated rings. The Morgan fingerprint density at radius 2 is 1.94 bits per heavy atom. The zero-order chi connectivity index (χ0) is 13.5. The Labute approximate surface area is 114 Å².